The second kappa shape index (κ2) is 12.1. The second-order valence-corrected chi connectivity index (χ2v) is 10.8. The fraction of sp³-hybridized carbons (Fsp3) is 0.333. The van der Waals surface area contributed by atoms with Crippen LogP contribution in [0, 0.1) is 50.9 Å². The Morgan fingerprint density at radius 2 is 1.00 bits per heavy atom. The number of carbonyl (C=O) groups excluding carboxylic acids is 2. The number of ether oxygens (including phenoxy) is 2. The summed E-state index contributed by atoms with van der Waals surface area (Å²) in [6, 6.07) is 10.4. The van der Waals surface area contributed by atoms with E-state index in [4.69, 9.17) is 9.47 Å². The number of hydrogen-bond donors (Lipinski definition) is 2. The first-order valence-electron chi connectivity index (χ1n) is 12.4. The molecule has 2 amide bonds. The summed E-state index contributed by atoms with van der Waals surface area (Å²) in [6.45, 7) is 14.9. The minimum Gasteiger partial charge on any atom is -0.480 e. The van der Waals surface area contributed by atoms with Gasteiger partial charge in [0.15, 0.2) is 12.2 Å². The van der Waals surface area contributed by atoms with Gasteiger partial charge >= 0.3 is 0 Å². The molecule has 202 valence electrons. The smallest absolute Gasteiger partial charge is 0.265 e. The molecule has 0 bridgehead atoms. The highest BCUT2D eigenvalue weighted by Gasteiger charge is 2.23. The lowest BCUT2D eigenvalue weighted by Gasteiger charge is -2.21. The third kappa shape index (κ3) is 7.03. The molecule has 0 saturated heterocycles. The van der Waals surface area contributed by atoms with Gasteiger partial charge < -0.3 is 20.1 Å². The molecule has 0 radical (unpaired) electrons. The molecule has 0 unspecified atom stereocenters. The van der Waals surface area contributed by atoms with Crippen molar-refractivity contribution in [3.63, 3.8) is 0 Å². The van der Waals surface area contributed by atoms with Gasteiger partial charge in [0.25, 0.3) is 11.8 Å². The Morgan fingerprint density at radius 1 is 0.684 bits per heavy atom. The van der Waals surface area contributed by atoms with Crippen molar-refractivity contribution in [1.29, 1.82) is 0 Å². The van der Waals surface area contributed by atoms with E-state index in [-0.39, 0.29) is 23.3 Å². The van der Waals surface area contributed by atoms with Crippen LogP contribution in [0.1, 0.15) is 47.2 Å². The molecule has 2 N–H and O–H groups in total. The maximum Gasteiger partial charge on any atom is 0.265 e. The van der Waals surface area contributed by atoms with Crippen molar-refractivity contribution in [2.45, 2.75) is 67.6 Å². The molecule has 2 atom stereocenters. The van der Waals surface area contributed by atoms with Crippen LogP contribution in [0.2, 0.25) is 0 Å². The van der Waals surface area contributed by atoms with Gasteiger partial charge in [-0.25, -0.2) is 4.39 Å². The van der Waals surface area contributed by atoms with Crippen molar-refractivity contribution >= 4 is 45.8 Å². The van der Waals surface area contributed by atoms with E-state index in [1.54, 1.807) is 13.8 Å². The fourth-order valence-corrected chi connectivity index (χ4v) is 4.97. The van der Waals surface area contributed by atoms with Crippen LogP contribution in [0.15, 0.2) is 36.4 Å². The Morgan fingerprint density at radius 3 is 1.32 bits per heavy atom. The fourth-order valence-electron chi connectivity index (χ4n) is 4.40. The van der Waals surface area contributed by atoms with Crippen LogP contribution in [0.3, 0.4) is 0 Å². The van der Waals surface area contributed by atoms with Gasteiger partial charge in [-0.1, -0.05) is 35.4 Å². The molecule has 0 aliphatic carbocycles. The third-order valence-electron chi connectivity index (χ3n) is 6.17. The highest BCUT2D eigenvalue weighted by atomic mass is 127. The number of carbonyl (C=O) groups is 2. The van der Waals surface area contributed by atoms with E-state index in [9.17, 15) is 14.0 Å². The lowest BCUT2D eigenvalue weighted by molar-refractivity contribution is -0.122. The number of hydrogen-bond acceptors (Lipinski definition) is 4. The number of rotatable bonds is 8. The molecule has 0 fully saturated rings. The minimum absolute atomic E-state index is 0.151. The van der Waals surface area contributed by atoms with Crippen molar-refractivity contribution < 1.29 is 23.5 Å². The summed E-state index contributed by atoms with van der Waals surface area (Å²) in [4.78, 5) is 25.8. The van der Waals surface area contributed by atoms with Crippen LogP contribution in [0.25, 0.3) is 0 Å². The summed E-state index contributed by atoms with van der Waals surface area (Å²) in [5.74, 6) is -1.03. The predicted molar refractivity (Wildman–Crippen MR) is 158 cm³/mol. The first-order valence-corrected chi connectivity index (χ1v) is 13.4. The van der Waals surface area contributed by atoms with Crippen LogP contribution < -0.4 is 20.1 Å². The van der Waals surface area contributed by atoms with Crippen molar-refractivity contribution in [3.05, 3.63) is 79.2 Å². The summed E-state index contributed by atoms with van der Waals surface area (Å²) < 4.78 is 26.7. The Hall–Kier alpha value is -3.14. The van der Waals surface area contributed by atoms with Gasteiger partial charge in [0.1, 0.15) is 17.3 Å². The first-order chi connectivity index (χ1) is 17.8. The van der Waals surface area contributed by atoms with Gasteiger partial charge in [-0.3, -0.25) is 9.59 Å². The number of nitrogens with one attached hydrogen (secondary N) is 2. The largest absolute Gasteiger partial charge is 0.480 e. The summed E-state index contributed by atoms with van der Waals surface area (Å²) in [7, 11) is 0. The average Bonchev–Trinajstić information content (AvgIpc) is 2.81. The summed E-state index contributed by atoms with van der Waals surface area (Å²) in [5, 5.41) is 5.83. The van der Waals surface area contributed by atoms with Gasteiger partial charge in [-0.15, -0.1) is 0 Å². The molecule has 6 nitrogen and oxygen atoms in total. The quantitative estimate of drug-likeness (QED) is 0.260. The van der Waals surface area contributed by atoms with Gasteiger partial charge in [-0.2, -0.15) is 0 Å². The van der Waals surface area contributed by atoms with Gasteiger partial charge in [0.2, 0.25) is 0 Å². The lowest BCUT2D eigenvalue weighted by Crippen LogP contribution is -2.32. The van der Waals surface area contributed by atoms with Crippen LogP contribution in [0.4, 0.5) is 15.8 Å². The first kappa shape index (κ1) is 29.4. The summed E-state index contributed by atoms with van der Waals surface area (Å²) >= 11 is 1.97. The van der Waals surface area contributed by atoms with E-state index in [1.165, 1.54) is 12.1 Å². The molecule has 3 aromatic rings. The molecule has 0 aromatic heterocycles. The van der Waals surface area contributed by atoms with Crippen LogP contribution in [-0.2, 0) is 9.59 Å². The summed E-state index contributed by atoms with van der Waals surface area (Å²) in [6.07, 6.45) is -1.82. The molecule has 0 spiro atoms. The molecule has 0 heterocycles. The van der Waals surface area contributed by atoms with Gasteiger partial charge in [0.05, 0.1) is 3.57 Å². The predicted octanol–water partition coefficient (Wildman–Crippen LogP) is 7.09. The zero-order valence-corrected chi connectivity index (χ0v) is 25.2. The van der Waals surface area contributed by atoms with Crippen molar-refractivity contribution in [2.24, 2.45) is 0 Å². The van der Waals surface area contributed by atoms with Crippen molar-refractivity contribution in [1.82, 2.24) is 0 Å². The molecule has 8 heteroatoms. The van der Waals surface area contributed by atoms with E-state index in [2.05, 4.69) is 10.6 Å². The van der Waals surface area contributed by atoms with Crippen molar-refractivity contribution in [2.75, 3.05) is 10.6 Å². The highest BCUT2D eigenvalue weighted by molar-refractivity contribution is 14.1. The standard InChI is InChI=1S/C30H34FIN2O4/c1-15-9-17(3)27(18(4)10-15)33-29(35)21(7)37-24-13-23(31)14-25(26(24)32)38-22(8)30(36)34-28-19(5)11-16(2)12-20(28)6/h9-14,21-22H,1-8H3,(H,33,35)(H,34,36)/t21-,22-/m1/s1. The van der Waals surface area contributed by atoms with E-state index in [0.717, 1.165) is 44.8 Å². The third-order valence-corrected chi connectivity index (χ3v) is 7.23. The Kier molecular flexibility index (Phi) is 9.40. The molecular formula is C30H34FIN2O4. The monoisotopic (exact) mass is 632 g/mol. The normalized spacial score (nSPS) is 12.5. The Labute approximate surface area is 237 Å². The average molecular weight is 633 g/mol. The van der Waals surface area contributed by atoms with Gasteiger partial charge in [0, 0.05) is 23.5 Å². The number of halogens is 2. The lowest BCUT2D eigenvalue weighted by atomic mass is 10.0. The maximum atomic E-state index is 14.5. The number of anilines is 2. The van der Waals surface area contributed by atoms with E-state index >= 15 is 0 Å². The Bertz CT molecular complexity index is 1240. The van der Waals surface area contributed by atoms with Gasteiger partial charge in [-0.05, 0) is 100 Å². The van der Waals surface area contributed by atoms with E-state index in [1.807, 2.05) is 88.4 Å². The zero-order chi connectivity index (χ0) is 28.3. The Balaban J connectivity index is 1.73. The molecular weight excluding hydrogens is 598 g/mol. The van der Waals surface area contributed by atoms with Crippen molar-refractivity contribution in [3.8, 4) is 11.5 Å². The van der Waals surface area contributed by atoms with Crippen LogP contribution in [0.5, 0.6) is 11.5 Å². The highest BCUT2D eigenvalue weighted by Crippen LogP contribution is 2.33. The van der Waals surface area contributed by atoms with Crippen LogP contribution >= 0.6 is 22.6 Å². The molecule has 3 aromatic carbocycles. The molecule has 3 rings (SSSR count). The maximum absolute atomic E-state index is 14.5. The molecule has 0 aliphatic heterocycles. The SMILES string of the molecule is Cc1cc(C)c(NC(=O)[C@@H](C)Oc2cc(F)cc(O[C@H](C)C(=O)Nc3c(C)cc(C)cc3C)c2I)c(C)c1. The topological polar surface area (TPSA) is 76.7 Å². The van der Waals surface area contributed by atoms with Crippen LogP contribution in [-0.4, -0.2) is 24.0 Å². The molecule has 0 saturated carbocycles. The minimum atomic E-state index is -0.911. The zero-order valence-electron chi connectivity index (χ0n) is 23.0. The van der Waals surface area contributed by atoms with E-state index < -0.39 is 18.0 Å². The summed E-state index contributed by atoms with van der Waals surface area (Å²) in [5.41, 5.74) is 7.46. The number of aryl methyl sites for hydroxylation is 6. The molecule has 0 aliphatic rings. The van der Waals surface area contributed by atoms with E-state index in [0.29, 0.717) is 3.57 Å². The molecule has 38 heavy (non-hydrogen) atoms. The number of amides is 2. The number of benzene rings is 3. The second-order valence-electron chi connectivity index (χ2n) is 9.76.